The number of nitrogens with zero attached hydrogens (tertiary/aromatic N) is 1. The van der Waals surface area contributed by atoms with E-state index in [0.717, 1.165) is 11.1 Å². The molecule has 4 rings (SSSR count). The molecule has 0 atom stereocenters. The lowest BCUT2D eigenvalue weighted by atomic mass is 10.0. The summed E-state index contributed by atoms with van der Waals surface area (Å²) in [4.78, 5) is 29.8. The summed E-state index contributed by atoms with van der Waals surface area (Å²) in [7, 11) is 0. The number of hydrogen-bond donors (Lipinski definition) is 0. The molecule has 0 unspecified atom stereocenters. The Kier molecular flexibility index (Phi) is 5.35. The molecule has 3 aromatic carbocycles. The average Bonchev–Trinajstić information content (AvgIpc) is 2.77. The van der Waals surface area contributed by atoms with Gasteiger partial charge >= 0.3 is 5.97 Å². The highest BCUT2D eigenvalue weighted by Crippen LogP contribution is 2.26. The van der Waals surface area contributed by atoms with E-state index in [2.05, 4.69) is 4.98 Å². The number of fused-ring (bicyclic) bond motifs is 1. The monoisotopic (exact) mass is 399 g/mol. The van der Waals surface area contributed by atoms with Crippen LogP contribution >= 0.6 is 0 Å². The number of ketones is 1. The first-order valence-corrected chi connectivity index (χ1v) is 9.44. The van der Waals surface area contributed by atoms with Crippen LogP contribution in [-0.4, -0.2) is 23.3 Å². The van der Waals surface area contributed by atoms with Crippen LogP contribution in [0.25, 0.3) is 22.2 Å². The number of rotatable bonds is 5. The zero-order valence-electron chi connectivity index (χ0n) is 16.3. The van der Waals surface area contributed by atoms with Gasteiger partial charge in [0.2, 0.25) is 0 Å². The number of pyridine rings is 1. The zero-order valence-corrected chi connectivity index (χ0v) is 16.3. The van der Waals surface area contributed by atoms with Gasteiger partial charge in [-0.05, 0) is 49.4 Å². The van der Waals surface area contributed by atoms with Crippen LogP contribution in [0.1, 0.15) is 26.3 Å². The number of hydrogen-bond acceptors (Lipinski definition) is 4. The number of ether oxygens (including phenoxy) is 1. The first kappa shape index (κ1) is 19.5. The number of Topliss-reactive ketones (excluding diaryl/α,β-unsaturated/α-hetero) is 1. The van der Waals surface area contributed by atoms with Crippen molar-refractivity contribution in [1.29, 1.82) is 0 Å². The van der Waals surface area contributed by atoms with Gasteiger partial charge < -0.3 is 4.74 Å². The topological polar surface area (TPSA) is 56.3 Å². The van der Waals surface area contributed by atoms with Gasteiger partial charge in [-0.15, -0.1) is 0 Å². The van der Waals surface area contributed by atoms with Crippen molar-refractivity contribution in [3.8, 4) is 11.3 Å². The van der Waals surface area contributed by atoms with Crippen molar-refractivity contribution in [1.82, 2.24) is 4.98 Å². The van der Waals surface area contributed by atoms with Gasteiger partial charge in [-0.3, -0.25) is 4.79 Å². The third-order valence-corrected chi connectivity index (χ3v) is 4.75. The van der Waals surface area contributed by atoms with Gasteiger partial charge in [0.15, 0.2) is 12.4 Å². The second-order valence-electron chi connectivity index (χ2n) is 6.95. The van der Waals surface area contributed by atoms with Crippen molar-refractivity contribution in [2.24, 2.45) is 0 Å². The molecule has 0 N–H and O–H groups in total. The number of halogens is 1. The standard InChI is InChI=1S/C25H18FNO3/c1-16-7-12-22-20(13-16)21(14-23(27-22)17-5-3-2-4-6-17)25(29)30-15-24(28)18-8-10-19(26)11-9-18/h2-14H,15H2,1H3. The molecule has 0 aliphatic heterocycles. The van der Waals surface area contributed by atoms with Gasteiger partial charge in [-0.25, -0.2) is 14.2 Å². The Hall–Kier alpha value is -3.86. The minimum absolute atomic E-state index is 0.282. The van der Waals surface area contributed by atoms with Crippen LogP contribution < -0.4 is 0 Å². The maximum absolute atomic E-state index is 13.0. The molecule has 0 saturated carbocycles. The molecule has 0 aliphatic carbocycles. The van der Waals surface area contributed by atoms with Crippen LogP contribution in [0.5, 0.6) is 0 Å². The first-order chi connectivity index (χ1) is 14.5. The fourth-order valence-electron chi connectivity index (χ4n) is 3.19. The smallest absolute Gasteiger partial charge is 0.339 e. The predicted octanol–water partition coefficient (Wildman–Crippen LogP) is 5.39. The number of aryl methyl sites for hydroxylation is 1. The Morgan fingerprint density at radius 3 is 2.40 bits per heavy atom. The number of benzene rings is 3. The van der Waals surface area contributed by atoms with Crippen molar-refractivity contribution in [2.75, 3.05) is 6.61 Å². The summed E-state index contributed by atoms with van der Waals surface area (Å²) >= 11 is 0. The molecule has 0 spiro atoms. The molecule has 1 heterocycles. The van der Waals surface area contributed by atoms with Crippen LogP contribution in [0.2, 0.25) is 0 Å². The lowest BCUT2D eigenvalue weighted by Gasteiger charge is -2.11. The van der Waals surface area contributed by atoms with Crippen molar-refractivity contribution in [3.63, 3.8) is 0 Å². The maximum atomic E-state index is 13.0. The predicted molar refractivity (Wildman–Crippen MR) is 113 cm³/mol. The third-order valence-electron chi connectivity index (χ3n) is 4.75. The molecule has 148 valence electrons. The highest BCUT2D eigenvalue weighted by molar-refractivity contribution is 6.06. The van der Waals surface area contributed by atoms with Gasteiger partial charge in [0.25, 0.3) is 0 Å². The highest BCUT2D eigenvalue weighted by Gasteiger charge is 2.17. The Morgan fingerprint density at radius 1 is 0.933 bits per heavy atom. The van der Waals surface area contributed by atoms with Crippen LogP contribution in [-0.2, 0) is 4.74 Å². The van der Waals surface area contributed by atoms with E-state index in [0.29, 0.717) is 22.2 Å². The average molecular weight is 399 g/mol. The zero-order chi connectivity index (χ0) is 21.1. The van der Waals surface area contributed by atoms with E-state index < -0.39 is 24.2 Å². The molecule has 4 nitrogen and oxygen atoms in total. The Balaban J connectivity index is 1.66. The molecular formula is C25H18FNO3. The van der Waals surface area contributed by atoms with Crippen molar-refractivity contribution in [2.45, 2.75) is 6.92 Å². The molecule has 0 amide bonds. The number of esters is 1. The molecule has 5 heteroatoms. The molecule has 0 fully saturated rings. The largest absolute Gasteiger partial charge is 0.454 e. The number of aromatic nitrogens is 1. The highest BCUT2D eigenvalue weighted by atomic mass is 19.1. The van der Waals surface area contributed by atoms with E-state index in [-0.39, 0.29) is 5.56 Å². The summed E-state index contributed by atoms with van der Waals surface area (Å²) in [5, 5.41) is 0.661. The Morgan fingerprint density at radius 2 is 1.67 bits per heavy atom. The third kappa shape index (κ3) is 4.10. The second-order valence-corrected chi connectivity index (χ2v) is 6.95. The normalized spacial score (nSPS) is 10.7. The number of carbonyl (C=O) groups is 2. The summed E-state index contributed by atoms with van der Waals surface area (Å²) < 4.78 is 18.3. The van der Waals surface area contributed by atoms with E-state index in [1.807, 2.05) is 55.5 Å². The van der Waals surface area contributed by atoms with E-state index >= 15 is 0 Å². The summed E-state index contributed by atoms with van der Waals surface area (Å²) in [5.74, 6) is -1.45. The second kappa shape index (κ2) is 8.25. The molecule has 0 aliphatic rings. The van der Waals surface area contributed by atoms with E-state index in [1.165, 1.54) is 24.3 Å². The number of carbonyl (C=O) groups excluding carboxylic acids is 2. The molecule has 0 radical (unpaired) electrons. The molecule has 30 heavy (non-hydrogen) atoms. The van der Waals surface area contributed by atoms with E-state index in [9.17, 15) is 14.0 Å². The van der Waals surface area contributed by atoms with Crippen molar-refractivity contribution < 1.29 is 18.7 Å². The fraction of sp³-hybridized carbons (Fsp3) is 0.0800. The Labute approximate surface area is 173 Å². The molecular weight excluding hydrogens is 381 g/mol. The SMILES string of the molecule is Cc1ccc2nc(-c3ccccc3)cc(C(=O)OCC(=O)c3ccc(F)cc3)c2c1. The fourth-order valence-corrected chi connectivity index (χ4v) is 3.19. The molecule has 1 aromatic heterocycles. The molecule has 0 bridgehead atoms. The van der Waals surface area contributed by atoms with Crippen LogP contribution in [0.4, 0.5) is 4.39 Å². The first-order valence-electron chi connectivity index (χ1n) is 9.44. The summed E-state index contributed by atoms with van der Waals surface area (Å²) in [5.41, 5.74) is 3.78. The minimum Gasteiger partial charge on any atom is -0.454 e. The summed E-state index contributed by atoms with van der Waals surface area (Å²) in [6.07, 6.45) is 0. The van der Waals surface area contributed by atoms with Gasteiger partial charge in [0.1, 0.15) is 5.82 Å². The van der Waals surface area contributed by atoms with Gasteiger partial charge in [-0.1, -0.05) is 42.0 Å². The van der Waals surface area contributed by atoms with Crippen LogP contribution in [0, 0.1) is 12.7 Å². The summed E-state index contributed by atoms with van der Waals surface area (Å²) in [6.45, 7) is 1.50. The molecule has 0 saturated heterocycles. The quantitative estimate of drug-likeness (QED) is 0.334. The van der Waals surface area contributed by atoms with Gasteiger partial charge in [0, 0.05) is 16.5 Å². The van der Waals surface area contributed by atoms with Gasteiger partial charge in [0.05, 0.1) is 16.8 Å². The molecule has 4 aromatic rings. The van der Waals surface area contributed by atoms with Crippen molar-refractivity contribution >= 4 is 22.7 Å². The van der Waals surface area contributed by atoms with Gasteiger partial charge in [-0.2, -0.15) is 0 Å². The summed E-state index contributed by atoms with van der Waals surface area (Å²) in [6, 6.07) is 22.0. The van der Waals surface area contributed by atoms with E-state index in [4.69, 9.17) is 4.74 Å². The lowest BCUT2D eigenvalue weighted by Crippen LogP contribution is -2.15. The maximum Gasteiger partial charge on any atom is 0.339 e. The van der Waals surface area contributed by atoms with Crippen LogP contribution in [0.3, 0.4) is 0 Å². The van der Waals surface area contributed by atoms with E-state index in [1.54, 1.807) is 6.07 Å². The van der Waals surface area contributed by atoms with Crippen molar-refractivity contribution in [3.05, 3.63) is 101 Å². The minimum atomic E-state index is -0.611. The van der Waals surface area contributed by atoms with Crippen LogP contribution in [0.15, 0.2) is 78.9 Å². The Bertz CT molecular complexity index is 1230. The lowest BCUT2D eigenvalue weighted by molar-refractivity contribution is 0.0476.